The Balaban J connectivity index is 1.53. The van der Waals surface area contributed by atoms with Crippen molar-refractivity contribution >= 4 is 17.7 Å². The fourth-order valence-electron chi connectivity index (χ4n) is 4.48. The summed E-state index contributed by atoms with van der Waals surface area (Å²) < 4.78 is 0. The highest BCUT2D eigenvalue weighted by Gasteiger charge is 2.36. The standard InChI is InChI=1S/C19H31N3O4/c1-14(23)20-9-4-16(5-10-20)22-8-2-3-15(19(22)26)13-18(25)21-11-6-17(24)7-12-21/h15-17,24H,2-13H2,1H3. The Bertz CT molecular complexity index is 537. The van der Waals surface area contributed by atoms with Crippen molar-refractivity contribution < 1.29 is 19.5 Å². The van der Waals surface area contributed by atoms with E-state index < -0.39 is 0 Å². The lowest BCUT2D eigenvalue weighted by Crippen LogP contribution is -2.52. The maximum atomic E-state index is 12.9. The van der Waals surface area contributed by atoms with Crippen LogP contribution in [0.2, 0.25) is 0 Å². The topological polar surface area (TPSA) is 81.2 Å². The molecule has 3 saturated heterocycles. The van der Waals surface area contributed by atoms with E-state index in [-0.39, 0.29) is 42.2 Å². The van der Waals surface area contributed by atoms with Crippen molar-refractivity contribution in [2.24, 2.45) is 5.92 Å². The summed E-state index contributed by atoms with van der Waals surface area (Å²) in [6, 6.07) is 0.195. The van der Waals surface area contributed by atoms with Gasteiger partial charge in [-0.2, -0.15) is 0 Å². The molecule has 0 aromatic heterocycles. The zero-order valence-corrected chi connectivity index (χ0v) is 15.7. The van der Waals surface area contributed by atoms with Crippen molar-refractivity contribution in [1.29, 1.82) is 0 Å². The molecule has 3 fully saturated rings. The molecule has 0 aliphatic carbocycles. The van der Waals surface area contributed by atoms with Gasteiger partial charge in [-0.3, -0.25) is 14.4 Å². The lowest BCUT2D eigenvalue weighted by atomic mass is 9.90. The summed E-state index contributed by atoms with van der Waals surface area (Å²) >= 11 is 0. The molecule has 3 rings (SSSR count). The average molecular weight is 365 g/mol. The van der Waals surface area contributed by atoms with Crippen molar-refractivity contribution in [2.45, 2.75) is 64.0 Å². The first kappa shape index (κ1) is 19.1. The molecule has 146 valence electrons. The van der Waals surface area contributed by atoms with Crippen molar-refractivity contribution in [1.82, 2.24) is 14.7 Å². The van der Waals surface area contributed by atoms with Crippen molar-refractivity contribution in [3.05, 3.63) is 0 Å². The maximum absolute atomic E-state index is 12.9. The van der Waals surface area contributed by atoms with Gasteiger partial charge in [0, 0.05) is 58.0 Å². The van der Waals surface area contributed by atoms with Crippen LogP contribution < -0.4 is 0 Å². The number of aliphatic hydroxyl groups excluding tert-OH is 1. The largest absolute Gasteiger partial charge is 0.393 e. The molecule has 7 nitrogen and oxygen atoms in total. The molecule has 3 aliphatic heterocycles. The molecule has 0 aromatic rings. The molecule has 1 unspecified atom stereocenters. The van der Waals surface area contributed by atoms with Gasteiger partial charge in [-0.1, -0.05) is 0 Å². The van der Waals surface area contributed by atoms with Crippen LogP contribution in [0.5, 0.6) is 0 Å². The first-order valence-electron chi connectivity index (χ1n) is 9.97. The highest BCUT2D eigenvalue weighted by molar-refractivity contribution is 5.86. The van der Waals surface area contributed by atoms with E-state index in [4.69, 9.17) is 0 Å². The van der Waals surface area contributed by atoms with Crippen molar-refractivity contribution in [2.75, 3.05) is 32.7 Å². The number of nitrogens with zero attached hydrogens (tertiary/aromatic N) is 3. The first-order valence-corrected chi connectivity index (χ1v) is 9.97. The second-order valence-electron chi connectivity index (χ2n) is 7.92. The van der Waals surface area contributed by atoms with E-state index in [1.54, 1.807) is 11.8 Å². The second-order valence-corrected chi connectivity index (χ2v) is 7.92. The first-order chi connectivity index (χ1) is 12.5. The minimum Gasteiger partial charge on any atom is -0.393 e. The molecule has 0 spiro atoms. The molecule has 1 atom stereocenters. The van der Waals surface area contributed by atoms with Crippen LogP contribution in [0.3, 0.4) is 0 Å². The summed E-state index contributed by atoms with van der Waals surface area (Å²) in [5.74, 6) is 0.0453. The third-order valence-corrected chi connectivity index (χ3v) is 6.17. The summed E-state index contributed by atoms with van der Waals surface area (Å²) in [6.07, 6.45) is 4.63. The molecule has 0 bridgehead atoms. The van der Waals surface area contributed by atoms with Crippen LogP contribution in [0.1, 0.15) is 51.9 Å². The monoisotopic (exact) mass is 365 g/mol. The molecular weight excluding hydrogens is 334 g/mol. The Morgan fingerprint density at radius 1 is 0.962 bits per heavy atom. The van der Waals surface area contributed by atoms with Gasteiger partial charge in [0.2, 0.25) is 17.7 Å². The van der Waals surface area contributed by atoms with Crippen LogP contribution >= 0.6 is 0 Å². The Hall–Kier alpha value is -1.63. The number of hydrogen-bond acceptors (Lipinski definition) is 4. The molecule has 1 N–H and O–H groups in total. The molecule has 7 heteroatoms. The van der Waals surface area contributed by atoms with Crippen LogP contribution in [0, 0.1) is 5.92 Å². The van der Waals surface area contributed by atoms with Gasteiger partial charge in [0.25, 0.3) is 0 Å². The molecule has 0 saturated carbocycles. The SMILES string of the molecule is CC(=O)N1CCC(N2CCCC(CC(=O)N3CCC(O)CC3)C2=O)CC1. The number of rotatable bonds is 3. The van der Waals surface area contributed by atoms with E-state index in [0.717, 1.165) is 32.2 Å². The zero-order chi connectivity index (χ0) is 18.7. The third kappa shape index (κ3) is 4.37. The summed E-state index contributed by atoms with van der Waals surface area (Å²) in [6.45, 7) is 4.97. The van der Waals surface area contributed by atoms with Crippen LogP contribution in [-0.4, -0.2) is 82.4 Å². The maximum Gasteiger partial charge on any atom is 0.226 e. The van der Waals surface area contributed by atoms with Gasteiger partial charge in [-0.05, 0) is 38.5 Å². The predicted molar refractivity (Wildman–Crippen MR) is 96.2 cm³/mol. The number of carbonyl (C=O) groups is 3. The highest BCUT2D eigenvalue weighted by atomic mass is 16.3. The second kappa shape index (κ2) is 8.37. The van der Waals surface area contributed by atoms with Gasteiger partial charge in [-0.25, -0.2) is 0 Å². The molecule has 3 aliphatic rings. The molecular formula is C19H31N3O4. The molecule has 3 heterocycles. The lowest BCUT2D eigenvalue weighted by molar-refractivity contribution is -0.147. The lowest BCUT2D eigenvalue weighted by Gasteiger charge is -2.42. The van der Waals surface area contributed by atoms with E-state index in [2.05, 4.69) is 0 Å². The smallest absolute Gasteiger partial charge is 0.226 e. The van der Waals surface area contributed by atoms with Crippen LogP contribution in [0.4, 0.5) is 0 Å². The number of hydrogen-bond donors (Lipinski definition) is 1. The highest BCUT2D eigenvalue weighted by Crippen LogP contribution is 2.27. The van der Waals surface area contributed by atoms with Crippen LogP contribution in [0.15, 0.2) is 0 Å². The van der Waals surface area contributed by atoms with Gasteiger partial charge in [0.1, 0.15) is 0 Å². The van der Waals surface area contributed by atoms with E-state index in [1.807, 2.05) is 9.80 Å². The molecule has 3 amide bonds. The van der Waals surface area contributed by atoms with Gasteiger partial charge in [-0.15, -0.1) is 0 Å². The van der Waals surface area contributed by atoms with E-state index >= 15 is 0 Å². The number of aliphatic hydroxyl groups is 1. The minimum absolute atomic E-state index is 0.0449. The summed E-state index contributed by atoms with van der Waals surface area (Å²) in [5.41, 5.74) is 0. The Labute approximate surface area is 155 Å². The fraction of sp³-hybridized carbons (Fsp3) is 0.842. The summed E-state index contributed by atoms with van der Waals surface area (Å²) in [4.78, 5) is 42.6. The van der Waals surface area contributed by atoms with E-state index in [0.29, 0.717) is 39.0 Å². The van der Waals surface area contributed by atoms with Crippen LogP contribution in [-0.2, 0) is 14.4 Å². The Kier molecular flexibility index (Phi) is 6.16. The van der Waals surface area contributed by atoms with Gasteiger partial charge in [0.05, 0.1) is 6.10 Å². The molecule has 0 radical (unpaired) electrons. The predicted octanol–water partition coefficient (Wildman–Crippen LogP) is 0.609. The van der Waals surface area contributed by atoms with E-state index in [9.17, 15) is 19.5 Å². The van der Waals surface area contributed by atoms with Gasteiger partial charge in [0.15, 0.2) is 0 Å². The Morgan fingerprint density at radius 2 is 1.58 bits per heavy atom. The summed E-state index contributed by atoms with van der Waals surface area (Å²) in [5, 5.41) is 9.58. The Morgan fingerprint density at radius 3 is 2.19 bits per heavy atom. The minimum atomic E-state index is -0.299. The van der Waals surface area contributed by atoms with Crippen LogP contribution in [0.25, 0.3) is 0 Å². The van der Waals surface area contributed by atoms with E-state index in [1.165, 1.54) is 0 Å². The molecule has 26 heavy (non-hydrogen) atoms. The third-order valence-electron chi connectivity index (χ3n) is 6.17. The number of piperidine rings is 3. The summed E-state index contributed by atoms with van der Waals surface area (Å²) in [7, 11) is 0. The quantitative estimate of drug-likeness (QED) is 0.795. The average Bonchev–Trinajstić information content (AvgIpc) is 2.64. The normalized spacial score (nSPS) is 26.3. The number of likely N-dealkylation sites (tertiary alicyclic amines) is 3. The van der Waals surface area contributed by atoms with Crippen molar-refractivity contribution in [3.63, 3.8) is 0 Å². The number of carbonyl (C=O) groups excluding carboxylic acids is 3. The van der Waals surface area contributed by atoms with Gasteiger partial charge < -0.3 is 19.8 Å². The molecule has 0 aromatic carbocycles. The van der Waals surface area contributed by atoms with Gasteiger partial charge >= 0.3 is 0 Å². The van der Waals surface area contributed by atoms with Crippen molar-refractivity contribution in [3.8, 4) is 0 Å². The zero-order valence-electron chi connectivity index (χ0n) is 15.7. The number of amides is 3. The fourth-order valence-corrected chi connectivity index (χ4v) is 4.48.